The number of benzene rings is 2. The predicted octanol–water partition coefficient (Wildman–Crippen LogP) is 2.83. The molecule has 216 valence electrons. The van der Waals surface area contributed by atoms with Gasteiger partial charge in [-0.05, 0) is 18.1 Å². The SMILES string of the molecule is CC(C)[C@H](NC(=O)c1ccc2ccccc2n1)C1=NOC(C(=O)N(C)[C@@H](CC(=O)O)C(=O)C=[N+]=[N-])(c2ccccc2)C1. The van der Waals surface area contributed by atoms with Crippen LogP contribution in [0.2, 0.25) is 0 Å². The third-order valence-corrected chi connectivity index (χ3v) is 7.15. The average Bonchev–Trinajstić information content (AvgIpc) is 3.44. The van der Waals surface area contributed by atoms with Gasteiger partial charge in [-0.1, -0.05) is 73.6 Å². The Hall–Kier alpha value is -5.22. The van der Waals surface area contributed by atoms with E-state index in [9.17, 15) is 24.3 Å². The number of rotatable bonds is 11. The Bertz CT molecular complexity index is 1600. The lowest BCUT2D eigenvalue weighted by Gasteiger charge is -2.33. The highest BCUT2D eigenvalue weighted by Crippen LogP contribution is 2.38. The van der Waals surface area contributed by atoms with Crippen LogP contribution in [0.5, 0.6) is 0 Å². The minimum atomic E-state index is -1.75. The number of carboxylic acid groups (broad SMARTS) is 1. The number of carbonyl (C=O) groups excluding carboxylic acids is 3. The minimum absolute atomic E-state index is 0.0868. The molecule has 2 aromatic carbocycles. The van der Waals surface area contributed by atoms with Crippen LogP contribution in [-0.2, 0) is 24.8 Å². The lowest BCUT2D eigenvalue weighted by molar-refractivity contribution is -0.160. The molecule has 12 heteroatoms. The number of nitrogens with one attached hydrogen (secondary N) is 1. The number of aliphatic carboxylic acids is 1. The molecule has 0 bridgehead atoms. The molecule has 0 aliphatic carbocycles. The molecule has 2 N–H and O–H groups in total. The maximum absolute atomic E-state index is 14.1. The van der Waals surface area contributed by atoms with Crippen LogP contribution in [-0.4, -0.2) is 74.4 Å². The number of pyridine rings is 1. The molecule has 1 aliphatic heterocycles. The van der Waals surface area contributed by atoms with E-state index in [0.717, 1.165) is 10.3 Å². The number of carboxylic acids is 1. The van der Waals surface area contributed by atoms with Crippen molar-refractivity contribution in [2.24, 2.45) is 11.1 Å². The zero-order chi connectivity index (χ0) is 30.4. The molecule has 1 aliphatic rings. The van der Waals surface area contributed by atoms with E-state index in [1.807, 2.05) is 44.2 Å². The first-order valence-corrected chi connectivity index (χ1v) is 13.2. The molecule has 42 heavy (non-hydrogen) atoms. The highest BCUT2D eigenvalue weighted by molar-refractivity contribution is 6.28. The summed E-state index contributed by atoms with van der Waals surface area (Å²) in [6, 6.07) is 17.2. The van der Waals surface area contributed by atoms with Gasteiger partial charge in [-0.25, -0.2) is 4.98 Å². The maximum atomic E-state index is 14.1. The fourth-order valence-corrected chi connectivity index (χ4v) is 4.93. The number of para-hydroxylation sites is 1. The van der Waals surface area contributed by atoms with Crippen molar-refractivity contribution >= 4 is 46.4 Å². The zero-order valence-corrected chi connectivity index (χ0v) is 23.3. The molecule has 1 unspecified atom stereocenters. The van der Waals surface area contributed by atoms with Crippen molar-refractivity contribution in [1.82, 2.24) is 15.2 Å². The quantitative estimate of drug-likeness (QED) is 0.202. The molecular formula is C30H30N6O6. The van der Waals surface area contributed by atoms with Crippen molar-refractivity contribution in [3.05, 3.63) is 83.5 Å². The second kappa shape index (κ2) is 12.5. The van der Waals surface area contributed by atoms with E-state index >= 15 is 0 Å². The van der Waals surface area contributed by atoms with Crippen LogP contribution < -0.4 is 5.32 Å². The van der Waals surface area contributed by atoms with Gasteiger partial charge in [-0.15, -0.1) is 0 Å². The Morgan fingerprint density at radius 2 is 1.79 bits per heavy atom. The first-order valence-electron chi connectivity index (χ1n) is 13.2. The topological polar surface area (TPSA) is 175 Å². The molecular weight excluding hydrogens is 540 g/mol. The van der Waals surface area contributed by atoms with Gasteiger partial charge in [0.2, 0.25) is 5.60 Å². The van der Waals surface area contributed by atoms with Gasteiger partial charge in [-0.2, -0.15) is 4.79 Å². The summed E-state index contributed by atoms with van der Waals surface area (Å²) in [5.41, 5.74) is 8.78. The van der Waals surface area contributed by atoms with Crippen LogP contribution >= 0.6 is 0 Å². The number of aromatic nitrogens is 1. The van der Waals surface area contributed by atoms with Gasteiger partial charge in [0.25, 0.3) is 17.6 Å². The van der Waals surface area contributed by atoms with Gasteiger partial charge in [0.05, 0.1) is 23.7 Å². The lowest BCUT2D eigenvalue weighted by Crippen LogP contribution is -2.53. The van der Waals surface area contributed by atoms with Gasteiger partial charge in [-0.3, -0.25) is 19.2 Å². The Kier molecular flexibility index (Phi) is 8.87. The Balaban J connectivity index is 1.65. The number of likely N-dealkylation sites (N-methyl/N-ethyl adjacent to an activating group) is 1. The monoisotopic (exact) mass is 570 g/mol. The van der Waals surface area contributed by atoms with E-state index in [0.29, 0.717) is 23.0 Å². The summed E-state index contributed by atoms with van der Waals surface area (Å²) < 4.78 is 0. The van der Waals surface area contributed by atoms with Crippen molar-refractivity contribution in [1.29, 1.82) is 0 Å². The Labute approximate surface area is 241 Å². The standard InChI is InChI=1S/C30H30N6O6/c1-18(2)27(34-28(40)22-14-13-19-9-7-8-12-21(19)33-22)23-16-30(42-35-23,20-10-5-4-6-11-20)29(41)36(3)24(15-26(38)39)25(37)17-32-31/h4-14,17-18,24,27H,15-16H2,1-3H3,(H,34,40)(H,38,39)/t24-,27-,30?/m0/s1. The van der Waals surface area contributed by atoms with Crippen molar-refractivity contribution in [3.8, 4) is 0 Å². The highest BCUT2D eigenvalue weighted by atomic mass is 16.7. The van der Waals surface area contributed by atoms with E-state index in [1.165, 1.54) is 7.05 Å². The summed E-state index contributed by atoms with van der Waals surface area (Å²) in [6.45, 7) is 3.76. The third-order valence-electron chi connectivity index (χ3n) is 7.15. The third kappa shape index (κ3) is 6.08. The number of hydrogen-bond donors (Lipinski definition) is 2. The van der Waals surface area contributed by atoms with E-state index in [-0.39, 0.29) is 18.0 Å². The molecule has 0 saturated heterocycles. The number of carbonyl (C=O) groups is 4. The zero-order valence-electron chi connectivity index (χ0n) is 23.3. The second-order valence-electron chi connectivity index (χ2n) is 10.3. The average molecular weight is 571 g/mol. The van der Waals surface area contributed by atoms with Gasteiger partial charge >= 0.3 is 12.2 Å². The second-order valence-corrected chi connectivity index (χ2v) is 10.3. The largest absolute Gasteiger partial charge is 0.481 e. The lowest BCUT2D eigenvalue weighted by atomic mass is 9.83. The van der Waals surface area contributed by atoms with Crippen LogP contribution in [0.1, 0.15) is 42.7 Å². The molecule has 0 saturated carbocycles. The molecule has 3 aromatic rings. The Morgan fingerprint density at radius 3 is 2.45 bits per heavy atom. The predicted molar refractivity (Wildman–Crippen MR) is 153 cm³/mol. The maximum Gasteiger partial charge on any atom is 0.325 e. The number of ketones is 1. The van der Waals surface area contributed by atoms with E-state index in [4.69, 9.17) is 10.4 Å². The van der Waals surface area contributed by atoms with Gasteiger partial charge in [0.1, 0.15) is 11.7 Å². The number of oxime groups is 1. The van der Waals surface area contributed by atoms with Crippen LogP contribution in [0.4, 0.5) is 0 Å². The molecule has 2 amide bonds. The molecule has 0 fully saturated rings. The highest BCUT2D eigenvalue weighted by Gasteiger charge is 2.53. The number of fused-ring (bicyclic) bond motifs is 1. The number of hydrogen-bond acceptors (Lipinski definition) is 7. The van der Waals surface area contributed by atoms with E-state index in [2.05, 4.69) is 20.2 Å². The molecule has 4 rings (SSSR count). The first-order chi connectivity index (χ1) is 20.1. The number of nitrogens with zero attached hydrogens (tertiary/aromatic N) is 5. The van der Waals surface area contributed by atoms with Crippen LogP contribution in [0.25, 0.3) is 16.4 Å². The normalized spacial score (nSPS) is 17.4. The summed E-state index contributed by atoms with van der Waals surface area (Å²) in [5.74, 6) is -3.55. The summed E-state index contributed by atoms with van der Waals surface area (Å²) in [6.07, 6.45) is -0.263. The van der Waals surface area contributed by atoms with Crippen molar-refractivity contribution < 1.29 is 33.9 Å². The molecule has 2 heterocycles. The fraction of sp³-hybridized carbons (Fsp3) is 0.300. The van der Waals surface area contributed by atoms with Crippen LogP contribution in [0.3, 0.4) is 0 Å². The fourth-order valence-electron chi connectivity index (χ4n) is 4.93. The molecule has 0 radical (unpaired) electrons. The van der Waals surface area contributed by atoms with E-state index < -0.39 is 47.7 Å². The van der Waals surface area contributed by atoms with Crippen LogP contribution in [0, 0.1) is 5.92 Å². The summed E-state index contributed by atoms with van der Waals surface area (Å²) in [4.78, 5) is 65.5. The van der Waals surface area contributed by atoms with E-state index in [1.54, 1.807) is 36.4 Å². The van der Waals surface area contributed by atoms with Gasteiger partial charge < -0.3 is 25.7 Å². The number of amides is 2. The van der Waals surface area contributed by atoms with Crippen molar-refractivity contribution in [3.63, 3.8) is 0 Å². The van der Waals surface area contributed by atoms with Crippen molar-refractivity contribution in [2.45, 2.75) is 44.4 Å². The molecule has 3 atom stereocenters. The van der Waals surface area contributed by atoms with Crippen LogP contribution in [0.15, 0.2) is 71.9 Å². The van der Waals surface area contributed by atoms with Gasteiger partial charge in [0, 0.05) is 24.4 Å². The van der Waals surface area contributed by atoms with Gasteiger partial charge in [0.15, 0.2) is 0 Å². The smallest absolute Gasteiger partial charge is 0.325 e. The summed E-state index contributed by atoms with van der Waals surface area (Å²) in [7, 11) is 1.28. The summed E-state index contributed by atoms with van der Waals surface area (Å²) >= 11 is 0. The number of Topliss-reactive ketones (excluding diaryl/α,β-unsaturated/α-hetero) is 1. The minimum Gasteiger partial charge on any atom is -0.481 e. The molecule has 0 spiro atoms. The molecule has 1 aromatic heterocycles. The first kappa shape index (κ1) is 29.8. The van der Waals surface area contributed by atoms with Crippen molar-refractivity contribution in [2.75, 3.05) is 7.05 Å². The Morgan fingerprint density at radius 1 is 1.10 bits per heavy atom. The molecule has 12 nitrogen and oxygen atoms in total. The summed E-state index contributed by atoms with van der Waals surface area (Å²) in [5, 5.41) is 17.5.